The molecule has 0 fully saturated rings. The van der Waals surface area contributed by atoms with Crippen LogP contribution in [0, 0.1) is 0 Å². The van der Waals surface area contributed by atoms with E-state index < -0.39 is 0 Å². The number of carbonyl (C=O) groups excluding carboxylic acids is 2. The molecule has 0 radical (unpaired) electrons. The van der Waals surface area contributed by atoms with E-state index in [0.29, 0.717) is 16.7 Å². The largest absolute Gasteiger partial charge is 0.351 e. The van der Waals surface area contributed by atoms with E-state index in [4.69, 9.17) is 0 Å². The van der Waals surface area contributed by atoms with Gasteiger partial charge in [-0.3, -0.25) is 9.59 Å². The quantitative estimate of drug-likeness (QED) is 0.482. The SMILES string of the molecule is O=CNCC(=O)c1cccc(Br)n1. The molecule has 0 aromatic carbocycles. The van der Waals surface area contributed by atoms with Crippen molar-refractivity contribution < 1.29 is 9.59 Å². The predicted octanol–water partition coefficient (Wildman–Crippen LogP) is 0.773. The fourth-order valence-electron chi connectivity index (χ4n) is 0.788. The Hall–Kier alpha value is -1.23. The molecule has 0 spiro atoms. The van der Waals surface area contributed by atoms with E-state index >= 15 is 0 Å². The number of hydrogen-bond donors (Lipinski definition) is 1. The van der Waals surface area contributed by atoms with E-state index in [9.17, 15) is 9.59 Å². The molecule has 0 aliphatic rings. The molecule has 5 heteroatoms. The van der Waals surface area contributed by atoms with Crippen LogP contribution in [0.2, 0.25) is 0 Å². The lowest BCUT2D eigenvalue weighted by Crippen LogP contribution is -2.22. The number of carbonyl (C=O) groups is 2. The van der Waals surface area contributed by atoms with Gasteiger partial charge in [0.2, 0.25) is 6.41 Å². The first-order valence-electron chi connectivity index (χ1n) is 3.57. The smallest absolute Gasteiger partial charge is 0.207 e. The van der Waals surface area contributed by atoms with Crippen LogP contribution in [0.3, 0.4) is 0 Å². The molecule has 1 aromatic heterocycles. The zero-order valence-electron chi connectivity index (χ0n) is 6.66. The number of rotatable bonds is 4. The Labute approximate surface area is 83.5 Å². The molecule has 13 heavy (non-hydrogen) atoms. The Morgan fingerprint density at radius 1 is 1.62 bits per heavy atom. The molecule has 0 saturated carbocycles. The van der Waals surface area contributed by atoms with Crippen molar-refractivity contribution >= 4 is 28.1 Å². The number of pyridine rings is 1. The standard InChI is InChI=1S/C8H7BrN2O2/c9-8-3-1-2-6(11-8)7(13)4-10-5-12/h1-3,5H,4H2,(H,10,12). The van der Waals surface area contributed by atoms with Crippen molar-refractivity contribution in [1.29, 1.82) is 0 Å². The highest BCUT2D eigenvalue weighted by Gasteiger charge is 2.05. The van der Waals surface area contributed by atoms with Gasteiger partial charge in [0.15, 0.2) is 5.78 Å². The van der Waals surface area contributed by atoms with Gasteiger partial charge in [-0.05, 0) is 28.1 Å². The van der Waals surface area contributed by atoms with Gasteiger partial charge in [-0.1, -0.05) is 6.07 Å². The number of Topliss-reactive ketones (excluding diaryl/α,β-unsaturated/α-hetero) is 1. The van der Waals surface area contributed by atoms with E-state index in [2.05, 4.69) is 26.2 Å². The zero-order chi connectivity index (χ0) is 9.68. The van der Waals surface area contributed by atoms with Crippen molar-refractivity contribution in [2.45, 2.75) is 0 Å². The second-order valence-electron chi connectivity index (χ2n) is 2.27. The number of ketones is 1. The van der Waals surface area contributed by atoms with Crippen molar-refractivity contribution in [1.82, 2.24) is 10.3 Å². The molecule has 1 aromatic rings. The highest BCUT2D eigenvalue weighted by Crippen LogP contribution is 2.06. The minimum absolute atomic E-state index is 0.0209. The van der Waals surface area contributed by atoms with Crippen molar-refractivity contribution in [2.75, 3.05) is 6.54 Å². The summed E-state index contributed by atoms with van der Waals surface area (Å²) in [5, 5.41) is 2.28. The summed E-state index contributed by atoms with van der Waals surface area (Å²) in [6, 6.07) is 5.04. The maximum atomic E-state index is 11.3. The molecule has 0 saturated heterocycles. The molecule has 1 heterocycles. The third-order valence-electron chi connectivity index (χ3n) is 1.35. The van der Waals surface area contributed by atoms with Gasteiger partial charge in [-0.25, -0.2) is 4.98 Å². The first-order valence-corrected chi connectivity index (χ1v) is 4.36. The average Bonchev–Trinajstić information content (AvgIpc) is 2.14. The molecule has 4 nitrogen and oxygen atoms in total. The fraction of sp³-hybridized carbons (Fsp3) is 0.125. The van der Waals surface area contributed by atoms with Crippen LogP contribution >= 0.6 is 15.9 Å². The average molecular weight is 243 g/mol. The molecular formula is C8H7BrN2O2. The van der Waals surface area contributed by atoms with Crippen molar-refractivity contribution in [3.63, 3.8) is 0 Å². The summed E-state index contributed by atoms with van der Waals surface area (Å²) < 4.78 is 0.601. The summed E-state index contributed by atoms with van der Waals surface area (Å²) in [4.78, 5) is 25.1. The summed E-state index contributed by atoms with van der Waals surface area (Å²) >= 11 is 3.15. The number of aromatic nitrogens is 1. The Kier molecular flexibility index (Phi) is 3.57. The van der Waals surface area contributed by atoms with Crippen LogP contribution in [0.1, 0.15) is 10.5 Å². The fourth-order valence-corrected chi connectivity index (χ4v) is 1.13. The maximum Gasteiger partial charge on any atom is 0.207 e. The molecule has 1 rings (SSSR count). The minimum atomic E-state index is -0.214. The predicted molar refractivity (Wildman–Crippen MR) is 50.3 cm³/mol. The normalized spacial score (nSPS) is 9.31. The number of amides is 1. The van der Waals surface area contributed by atoms with E-state index in [1.165, 1.54) is 0 Å². The summed E-state index contributed by atoms with van der Waals surface area (Å²) in [6.07, 6.45) is 0.482. The van der Waals surface area contributed by atoms with E-state index in [1.54, 1.807) is 18.2 Å². The second kappa shape index (κ2) is 4.71. The van der Waals surface area contributed by atoms with Gasteiger partial charge >= 0.3 is 0 Å². The van der Waals surface area contributed by atoms with Crippen LogP contribution in [0.4, 0.5) is 0 Å². The molecule has 0 aliphatic carbocycles. The molecular weight excluding hydrogens is 236 g/mol. The molecule has 0 bridgehead atoms. The van der Waals surface area contributed by atoms with Crippen LogP contribution in [0.5, 0.6) is 0 Å². The second-order valence-corrected chi connectivity index (χ2v) is 3.08. The van der Waals surface area contributed by atoms with Crippen LogP contribution in [-0.2, 0) is 4.79 Å². The van der Waals surface area contributed by atoms with Gasteiger partial charge in [0.05, 0.1) is 6.54 Å². The van der Waals surface area contributed by atoms with Crippen LogP contribution in [0.25, 0.3) is 0 Å². The lowest BCUT2D eigenvalue weighted by atomic mass is 10.2. The van der Waals surface area contributed by atoms with E-state index in [1.807, 2.05) is 0 Å². The van der Waals surface area contributed by atoms with Crippen LogP contribution < -0.4 is 5.32 Å². The molecule has 0 aliphatic heterocycles. The van der Waals surface area contributed by atoms with E-state index in [0.717, 1.165) is 0 Å². The third-order valence-corrected chi connectivity index (χ3v) is 1.79. The molecule has 0 unspecified atom stereocenters. The van der Waals surface area contributed by atoms with Crippen molar-refractivity contribution in [2.24, 2.45) is 0 Å². The Balaban J connectivity index is 2.71. The first kappa shape index (κ1) is 9.85. The Bertz CT molecular complexity index is 328. The first-order chi connectivity index (χ1) is 6.24. The van der Waals surface area contributed by atoms with E-state index in [-0.39, 0.29) is 12.3 Å². The molecule has 0 atom stereocenters. The number of halogens is 1. The zero-order valence-corrected chi connectivity index (χ0v) is 8.24. The highest BCUT2D eigenvalue weighted by atomic mass is 79.9. The monoisotopic (exact) mass is 242 g/mol. The molecule has 1 amide bonds. The minimum Gasteiger partial charge on any atom is -0.351 e. The lowest BCUT2D eigenvalue weighted by molar-refractivity contribution is -0.109. The number of nitrogens with zero attached hydrogens (tertiary/aromatic N) is 1. The summed E-state index contributed by atoms with van der Waals surface area (Å²) in [7, 11) is 0. The van der Waals surface area contributed by atoms with Gasteiger partial charge in [0.1, 0.15) is 10.3 Å². The Morgan fingerprint density at radius 3 is 3.00 bits per heavy atom. The lowest BCUT2D eigenvalue weighted by Gasteiger charge is -1.98. The number of hydrogen-bond acceptors (Lipinski definition) is 3. The van der Waals surface area contributed by atoms with Gasteiger partial charge in [0.25, 0.3) is 0 Å². The van der Waals surface area contributed by atoms with Crippen molar-refractivity contribution in [3.8, 4) is 0 Å². The highest BCUT2D eigenvalue weighted by molar-refractivity contribution is 9.10. The van der Waals surface area contributed by atoms with Gasteiger partial charge in [0, 0.05) is 0 Å². The summed E-state index contributed by atoms with van der Waals surface area (Å²) in [5.41, 5.74) is 0.337. The summed E-state index contributed by atoms with van der Waals surface area (Å²) in [5.74, 6) is -0.214. The topological polar surface area (TPSA) is 59.1 Å². The maximum absolute atomic E-state index is 11.3. The van der Waals surface area contributed by atoms with Crippen LogP contribution in [0.15, 0.2) is 22.8 Å². The van der Waals surface area contributed by atoms with Gasteiger partial charge in [-0.2, -0.15) is 0 Å². The molecule has 68 valence electrons. The number of nitrogens with one attached hydrogen (secondary N) is 1. The van der Waals surface area contributed by atoms with Crippen molar-refractivity contribution in [3.05, 3.63) is 28.5 Å². The van der Waals surface area contributed by atoms with Gasteiger partial charge in [-0.15, -0.1) is 0 Å². The summed E-state index contributed by atoms with van der Waals surface area (Å²) in [6.45, 7) is -0.0209. The Morgan fingerprint density at radius 2 is 2.38 bits per heavy atom. The van der Waals surface area contributed by atoms with Gasteiger partial charge < -0.3 is 5.32 Å². The third kappa shape index (κ3) is 2.95. The van der Waals surface area contributed by atoms with Crippen LogP contribution in [-0.4, -0.2) is 23.7 Å². The molecule has 1 N–H and O–H groups in total.